The first-order valence-electron chi connectivity index (χ1n) is 7.92. The van der Waals surface area contributed by atoms with Gasteiger partial charge in [0, 0.05) is 17.5 Å². The Balaban J connectivity index is 1.92. The minimum absolute atomic E-state index is 0.0656. The number of aliphatic imine (C=N–C) groups is 1. The summed E-state index contributed by atoms with van der Waals surface area (Å²) in [5.41, 5.74) is 0.988. The van der Waals surface area contributed by atoms with E-state index in [1.807, 2.05) is 13.8 Å². The minimum atomic E-state index is -4.69. The fraction of sp³-hybridized carbons (Fsp3) is 0.500. The average Bonchev–Trinajstić information content (AvgIpc) is 2.50. The maximum absolute atomic E-state index is 13.9. The van der Waals surface area contributed by atoms with Gasteiger partial charge in [-0.3, -0.25) is 4.99 Å². The van der Waals surface area contributed by atoms with Gasteiger partial charge in [-0.05, 0) is 45.1 Å². The number of allylic oxidation sites excluding steroid dienone is 2. The van der Waals surface area contributed by atoms with Crippen LogP contribution in [-0.2, 0) is 17.5 Å². The molecule has 2 nitrogen and oxygen atoms in total. The molecule has 0 N–H and O–H groups in total. The molecule has 0 amide bonds. The van der Waals surface area contributed by atoms with E-state index in [0.717, 1.165) is 31.0 Å². The lowest BCUT2D eigenvalue weighted by Crippen LogP contribution is -2.16. The SMILES string of the molecule is CC=NC1=C(C)CC(COCc2cccc(C(F)(F)F)c2F)CC1. The van der Waals surface area contributed by atoms with E-state index >= 15 is 0 Å². The first-order chi connectivity index (χ1) is 11.3. The van der Waals surface area contributed by atoms with Gasteiger partial charge in [0.1, 0.15) is 5.82 Å². The Morgan fingerprint density at radius 3 is 2.71 bits per heavy atom. The van der Waals surface area contributed by atoms with Gasteiger partial charge < -0.3 is 4.74 Å². The van der Waals surface area contributed by atoms with E-state index in [4.69, 9.17) is 4.74 Å². The highest BCUT2D eigenvalue weighted by Gasteiger charge is 2.34. The molecule has 1 unspecified atom stereocenters. The van der Waals surface area contributed by atoms with Crippen molar-refractivity contribution >= 4 is 6.21 Å². The van der Waals surface area contributed by atoms with Gasteiger partial charge in [-0.1, -0.05) is 17.7 Å². The van der Waals surface area contributed by atoms with Crippen molar-refractivity contribution in [2.45, 2.75) is 45.9 Å². The number of hydrogen-bond donors (Lipinski definition) is 0. The van der Waals surface area contributed by atoms with Gasteiger partial charge in [0.2, 0.25) is 0 Å². The number of ether oxygens (including phenoxy) is 1. The smallest absolute Gasteiger partial charge is 0.376 e. The Morgan fingerprint density at radius 1 is 1.33 bits per heavy atom. The van der Waals surface area contributed by atoms with Crippen molar-refractivity contribution in [3.8, 4) is 0 Å². The molecule has 0 saturated carbocycles. The lowest BCUT2D eigenvalue weighted by molar-refractivity contribution is -0.140. The molecular formula is C18H21F4NO. The predicted molar refractivity (Wildman–Crippen MR) is 85.3 cm³/mol. The normalized spacial score (nSPS) is 19.3. The van der Waals surface area contributed by atoms with Gasteiger partial charge in [-0.2, -0.15) is 13.2 Å². The zero-order chi connectivity index (χ0) is 17.7. The lowest BCUT2D eigenvalue weighted by Gasteiger charge is -2.24. The fourth-order valence-electron chi connectivity index (χ4n) is 2.93. The molecule has 0 bridgehead atoms. The topological polar surface area (TPSA) is 21.6 Å². The van der Waals surface area contributed by atoms with E-state index in [1.165, 1.54) is 17.7 Å². The standard InChI is InChI=1S/C18H21F4NO/c1-3-23-16-8-7-13(9-12(16)2)10-24-11-14-5-4-6-15(17(14)19)18(20,21)22/h3-6,13H,7-11H2,1-2H3. The number of rotatable bonds is 5. The van der Waals surface area contributed by atoms with Crippen LogP contribution in [0.4, 0.5) is 17.6 Å². The Hall–Kier alpha value is -1.69. The molecule has 1 aliphatic carbocycles. The Kier molecular flexibility index (Phi) is 6.15. The van der Waals surface area contributed by atoms with Gasteiger partial charge >= 0.3 is 6.18 Å². The van der Waals surface area contributed by atoms with Crippen LogP contribution in [0.2, 0.25) is 0 Å². The Labute approximate surface area is 139 Å². The van der Waals surface area contributed by atoms with Crippen LogP contribution >= 0.6 is 0 Å². The largest absolute Gasteiger partial charge is 0.419 e. The summed E-state index contributed by atoms with van der Waals surface area (Å²) in [5, 5.41) is 0. The van der Waals surface area contributed by atoms with Crippen molar-refractivity contribution in [1.82, 2.24) is 0 Å². The summed E-state index contributed by atoms with van der Waals surface area (Å²) in [5.74, 6) is -0.959. The first-order valence-corrected chi connectivity index (χ1v) is 7.92. The van der Waals surface area contributed by atoms with Crippen LogP contribution in [0.25, 0.3) is 0 Å². The third-order valence-electron chi connectivity index (χ3n) is 4.16. The molecule has 0 saturated heterocycles. The van der Waals surface area contributed by atoms with Crippen LogP contribution < -0.4 is 0 Å². The molecule has 1 aliphatic rings. The molecule has 1 aromatic rings. The Bertz CT molecular complexity index is 634. The van der Waals surface area contributed by atoms with Gasteiger partial charge in [0.05, 0.1) is 18.8 Å². The highest BCUT2D eigenvalue weighted by Crippen LogP contribution is 2.33. The number of alkyl halides is 3. The van der Waals surface area contributed by atoms with E-state index in [1.54, 1.807) is 6.21 Å². The monoisotopic (exact) mass is 343 g/mol. The van der Waals surface area contributed by atoms with Crippen LogP contribution in [0.15, 0.2) is 34.5 Å². The van der Waals surface area contributed by atoms with Crippen LogP contribution in [0.1, 0.15) is 44.2 Å². The van der Waals surface area contributed by atoms with E-state index in [-0.39, 0.29) is 18.1 Å². The van der Waals surface area contributed by atoms with Crippen molar-refractivity contribution < 1.29 is 22.3 Å². The molecule has 132 valence electrons. The van der Waals surface area contributed by atoms with Crippen LogP contribution in [-0.4, -0.2) is 12.8 Å². The highest BCUT2D eigenvalue weighted by atomic mass is 19.4. The summed E-state index contributed by atoms with van der Waals surface area (Å²) in [7, 11) is 0. The quantitative estimate of drug-likeness (QED) is 0.509. The molecule has 1 atom stereocenters. The van der Waals surface area contributed by atoms with Crippen LogP contribution in [0.5, 0.6) is 0 Å². The average molecular weight is 343 g/mol. The molecule has 0 fully saturated rings. The predicted octanol–water partition coefficient (Wildman–Crippen LogP) is 5.53. The second-order valence-corrected chi connectivity index (χ2v) is 6.01. The minimum Gasteiger partial charge on any atom is -0.376 e. The van der Waals surface area contributed by atoms with E-state index in [9.17, 15) is 17.6 Å². The van der Waals surface area contributed by atoms with Gasteiger partial charge in [0.25, 0.3) is 0 Å². The van der Waals surface area contributed by atoms with Gasteiger partial charge in [-0.25, -0.2) is 4.39 Å². The summed E-state index contributed by atoms with van der Waals surface area (Å²) < 4.78 is 57.5. The van der Waals surface area contributed by atoms with Crippen molar-refractivity contribution in [2.24, 2.45) is 10.9 Å². The molecule has 0 spiro atoms. The summed E-state index contributed by atoms with van der Waals surface area (Å²) in [6, 6.07) is 3.27. The lowest BCUT2D eigenvalue weighted by atomic mass is 9.88. The first kappa shape index (κ1) is 18.6. The third kappa shape index (κ3) is 4.66. The number of nitrogens with zero attached hydrogens (tertiary/aromatic N) is 1. The second kappa shape index (κ2) is 7.92. The van der Waals surface area contributed by atoms with Crippen molar-refractivity contribution in [1.29, 1.82) is 0 Å². The second-order valence-electron chi connectivity index (χ2n) is 6.01. The summed E-state index contributed by atoms with van der Waals surface area (Å²) >= 11 is 0. The zero-order valence-electron chi connectivity index (χ0n) is 13.8. The van der Waals surface area contributed by atoms with E-state index < -0.39 is 17.6 Å². The van der Waals surface area contributed by atoms with Crippen LogP contribution in [0.3, 0.4) is 0 Å². The third-order valence-corrected chi connectivity index (χ3v) is 4.16. The number of benzene rings is 1. The summed E-state index contributed by atoms with van der Waals surface area (Å²) in [6.45, 7) is 4.14. The fourth-order valence-corrected chi connectivity index (χ4v) is 2.93. The molecule has 0 heterocycles. The molecule has 0 aliphatic heterocycles. The molecule has 24 heavy (non-hydrogen) atoms. The number of halogens is 4. The maximum atomic E-state index is 13.9. The van der Waals surface area contributed by atoms with E-state index in [2.05, 4.69) is 4.99 Å². The molecular weight excluding hydrogens is 322 g/mol. The van der Waals surface area contributed by atoms with E-state index in [0.29, 0.717) is 6.61 Å². The van der Waals surface area contributed by atoms with Crippen molar-refractivity contribution in [3.05, 3.63) is 46.4 Å². The maximum Gasteiger partial charge on any atom is 0.419 e. The Morgan fingerprint density at radius 2 is 2.08 bits per heavy atom. The molecule has 0 aromatic heterocycles. The summed E-state index contributed by atoms with van der Waals surface area (Å²) in [6.07, 6.45) is -0.303. The van der Waals surface area contributed by atoms with Crippen molar-refractivity contribution in [3.63, 3.8) is 0 Å². The highest BCUT2D eigenvalue weighted by molar-refractivity contribution is 5.55. The molecule has 2 rings (SSSR count). The molecule has 6 heteroatoms. The van der Waals surface area contributed by atoms with Crippen LogP contribution in [0, 0.1) is 11.7 Å². The molecule has 0 radical (unpaired) electrons. The van der Waals surface area contributed by atoms with Gasteiger partial charge in [0.15, 0.2) is 0 Å². The summed E-state index contributed by atoms with van der Waals surface area (Å²) in [4.78, 5) is 4.33. The number of hydrogen-bond acceptors (Lipinski definition) is 2. The zero-order valence-corrected chi connectivity index (χ0v) is 13.8. The van der Waals surface area contributed by atoms with Crippen molar-refractivity contribution in [2.75, 3.05) is 6.61 Å². The van der Waals surface area contributed by atoms with Gasteiger partial charge in [-0.15, -0.1) is 0 Å². The molecule has 1 aromatic carbocycles.